The summed E-state index contributed by atoms with van der Waals surface area (Å²) >= 11 is 9.80. The monoisotopic (exact) mass is 322 g/mol. The topological polar surface area (TPSA) is 27.1 Å². The smallest absolute Gasteiger partial charge is 0.0658 e. The minimum Gasteiger partial charge on any atom is -0.383 e. The summed E-state index contributed by atoms with van der Waals surface area (Å²) in [5.41, 5.74) is 1.20. The lowest BCUT2D eigenvalue weighted by atomic mass is 10.0. The summed E-state index contributed by atoms with van der Waals surface area (Å²) in [6, 6.07) is 0. The molecule has 0 fully saturated rings. The average molecular weight is 324 g/mol. The van der Waals surface area contributed by atoms with E-state index >= 15 is 0 Å². The van der Waals surface area contributed by atoms with E-state index in [2.05, 4.69) is 34.9 Å². The van der Waals surface area contributed by atoms with Crippen molar-refractivity contribution in [3.8, 4) is 0 Å². The molecule has 0 spiro atoms. The zero-order valence-corrected chi connectivity index (χ0v) is 13.0. The number of halogens is 2. The molecular weight excluding hydrogens is 304 g/mol. The molecule has 0 bridgehead atoms. The van der Waals surface area contributed by atoms with Crippen molar-refractivity contribution in [3.63, 3.8) is 0 Å². The molecule has 0 N–H and O–H groups in total. The molecule has 0 saturated heterocycles. The first-order valence-corrected chi connectivity index (χ1v) is 7.12. The van der Waals surface area contributed by atoms with Crippen LogP contribution in [0.1, 0.15) is 26.0 Å². The first kappa shape index (κ1) is 15.0. The molecule has 0 amide bonds. The molecule has 0 aliphatic rings. The lowest BCUT2D eigenvalue weighted by Crippen LogP contribution is -2.13. The maximum absolute atomic E-state index is 6.27. The Morgan fingerprint density at radius 3 is 2.82 bits per heavy atom. The number of hydrogen-bond donors (Lipinski definition) is 0. The lowest BCUT2D eigenvalue weighted by Gasteiger charge is -2.14. The number of aromatic nitrogens is 2. The first-order chi connectivity index (χ1) is 8.06. The summed E-state index contributed by atoms with van der Waals surface area (Å²) in [6.45, 7) is 5.76. The van der Waals surface area contributed by atoms with Gasteiger partial charge in [0.2, 0.25) is 0 Å². The van der Waals surface area contributed by atoms with Crippen LogP contribution in [-0.2, 0) is 17.7 Å². The fraction of sp³-hybridized carbons (Fsp3) is 0.750. The van der Waals surface area contributed by atoms with E-state index in [-0.39, 0.29) is 5.38 Å². The molecule has 0 aliphatic carbocycles. The fourth-order valence-corrected chi connectivity index (χ4v) is 2.22. The summed E-state index contributed by atoms with van der Waals surface area (Å²) in [5, 5.41) is 4.54. The maximum atomic E-state index is 6.27. The van der Waals surface area contributed by atoms with Crippen LogP contribution in [0.15, 0.2) is 10.7 Å². The van der Waals surface area contributed by atoms with Crippen LogP contribution >= 0.6 is 27.5 Å². The van der Waals surface area contributed by atoms with Gasteiger partial charge in [0.05, 0.1) is 29.5 Å². The van der Waals surface area contributed by atoms with Crippen LogP contribution in [0.3, 0.4) is 0 Å². The van der Waals surface area contributed by atoms with Gasteiger partial charge in [-0.3, -0.25) is 4.68 Å². The highest BCUT2D eigenvalue weighted by Crippen LogP contribution is 2.21. The zero-order chi connectivity index (χ0) is 12.8. The molecule has 0 aliphatic heterocycles. The molecule has 0 radical (unpaired) electrons. The highest BCUT2D eigenvalue weighted by atomic mass is 79.9. The third kappa shape index (κ3) is 4.60. The van der Waals surface area contributed by atoms with Crippen molar-refractivity contribution in [2.45, 2.75) is 38.6 Å². The van der Waals surface area contributed by atoms with Crippen molar-refractivity contribution in [2.75, 3.05) is 13.7 Å². The molecule has 0 saturated carbocycles. The van der Waals surface area contributed by atoms with Crippen LogP contribution in [0.4, 0.5) is 0 Å². The molecule has 1 atom stereocenters. The summed E-state index contributed by atoms with van der Waals surface area (Å²) < 4.78 is 8.11. The standard InChI is InChI=1S/C12H20BrClN2O/c1-9(2)11(14)4-5-12-10(13)8-15-16(12)6-7-17-3/h8-9,11H,4-7H2,1-3H3. The Morgan fingerprint density at radius 1 is 1.53 bits per heavy atom. The Morgan fingerprint density at radius 2 is 2.24 bits per heavy atom. The molecule has 0 aromatic carbocycles. The van der Waals surface area contributed by atoms with Gasteiger partial charge in [0.1, 0.15) is 0 Å². The third-order valence-electron chi connectivity index (χ3n) is 2.79. The number of alkyl halides is 1. The zero-order valence-electron chi connectivity index (χ0n) is 10.6. The van der Waals surface area contributed by atoms with Gasteiger partial charge in [-0.25, -0.2) is 0 Å². The van der Waals surface area contributed by atoms with Crippen molar-refractivity contribution in [2.24, 2.45) is 5.92 Å². The Kier molecular flexibility index (Phi) is 6.52. The largest absolute Gasteiger partial charge is 0.383 e. The molecular formula is C12H20BrClN2O. The molecule has 3 nitrogen and oxygen atoms in total. The van der Waals surface area contributed by atoms with E-state index in [0.29, 0.717) is 12.5 Å². The van der Waals surface area contributed by atoms with Crippen LogP contribution in [0, 0.1) is 5.92 Å². The van der Waals surface area contributed by atoms with E-state index < -0.39 is 0 Å². The molecule has 1 aromatic heterocycles. The summed E-state index contributed by atoms with van der Waals surface area (Å²) in [5.74, 6) is 0.505. The number of hydrogen-bond acceptors (Lipinski definition) is 2. The van der Waals surface area contributed by atoms with E-state index in [0.717, 1.165) is 23.9 Å². The highest BCUT2D eigenvalue weighted by molar-refractivity contribution is 9.10. The van der Waals surface area contributed by atoms with E-state index in [9.17, 15) is 0 Å². The van der Waals surface area contributed by atoms with Crippen molar-refractivity contribution >= 4 is 27.5 Å². The second-order valence-corrected chi connectivity index (χ2v) is 5.87. The molecule has 17 heavy (non-hydrogen) atoms. The number of methoxy groups -OCH3 is 1. The summed E-state index contributed by atoms with van der Waals surface area (Å²) in [6.07, 6.45) is 3.75. The van der Waals surface area contributed by atoms with Crippen LogP contribution in [0.2, 0.25) is 0 Å². The van der Waals surface area contributed by atoms with Gasteiger partial charge < -0.3 is 4.74 Å². The SMILES string of the molecule is COCCn1ncc(Br)c1CCC(Cl)C(C)C. The van der Waals surface area contributed by atoms with Gasteiger partial charge in [-0.2, -0.15) is 5.10 Å². The van der Waals surface area contributed by atoms with Crippen LogP contribution in [-0.4, -0.2) is 28.9 Å². The second kappa shape index (κ2) is 7.39. The van der Waals surface area contributed by atoms with Gasteiger partial charge in [-0.1, -0.05) is 13.8 Å². The normalized spacial score (nSPS) is 13.3. The minimum atomic E-state index is 0.215. The van der Waals surface area contributed by atoms with Crippen molar-refractivity contribution in [1.29, 1.82) is 0 Å². The lowest BCUT2D eigenvalue weighted by molar-refractivity contribution is 0.182. The summed E-state index contributed by atoms with van der Waals surface area (Å²) in [7, 11) is 1.70. The molecule has 5 heteroatoms. The van der Waals surface area contributed by atoms with Gasteiger partial charge in [0, 0.05) is 12.5 Å². The van der Waals surface area contributed by atoms with E-state index in [1.807, 2.05) is 10.9 Å². The molecule has 98 valence electrons. The van der Waals surface area contributed by atoms with Gasteiger partial charge in [-0.05, 0) is 34.7 Å². The quantitative estimate of drug-likeness (QED) is 0.718. The molecule has 1 unspecified atom stereocenters. The minimum absolute atomic E-state index is 0.215. The van der Waals surface area contributed by atoms with Crippen LogP contribution < -0.4 is 0 Å². The fourth-order valence-electron chi connectivity index (χ4n) is 1.61. The Hall–Kier alpha value is -0.0600. The van der Waals surface area contributed by atoms with Crippen LogP contribution in [0.5, 0.6) is 0 Å². The van der Waals surface area contributed by atoms with Crippen LogP contribution in [0.25, 0.3) is 0 Å². The van der Waals surface area contributed by atoms with E-state index in [4.69, 9.17) is 16.3 Å². The third-order valence-corrected chi connectivity index (χ3v) is 4.17. The average Bonchev–Trinajstić information content (AvgIpc) is 2.64. The van der Waals surface area contributed by atoms with Gasteiger partial charge in [-0.15, -0.1) is 11.6 Å². The van der Waals surface area contributed by atoms with Gasteiger partial charge in [0.25, 0.3) is 0 Å². The molecule has 1 rings (SSSR count). The number of nitrogens with zero attached hydrogens (tertiary/aromatic N) is 2. The molecule has 1 aromatic rings. The maximum Gasteiger partial charge on any atom is 0.0658 e. The van der Waals surface area contributed by atoms with Gasteiger partial charge in [0.15, 0.2) is 0 Å². The van der Waals surface area contributed by atoms with Gasteiger partial charge >= 0.3 is 0 Å². The number of ether oxygens (including phenoxy) is 1. The first-order valence-electron chi connectivity index (χ1n) is 5.89. The van der Waals surface area contributed by atoms with Crippen molar-refractivity contribution in [3.05, 3.63) is 16.4 Å². The second-order valence-electron chi connectivity index (χ2n) is 4.45. The van der Waals surface area contributed by atoms with E-state index in [1.54, 1.807) is 7.11 Å². The molecule has 1 heterocycles. The van der Waals surface area contributed by atoms with E-state index in [1.165, 1.54) is 5.69 Å². The Balaban J connectivity index is 2.59. The predicted octanol–water partition coefficient (Wildman–Crippen LogP) is 3.49. The van der Waals surface area contributed by atoms with Crippen molar-refractivity contribution in [1.82, 2.24) is 9.78 Å². The Labute approximate surface area is 117 Å². The predicted molar refractivity (Wildman–Crippen MR) is 74.6 cm³/mol. The Bertz CT molecular complexity index is 341. The number of rotatable bonds is 7. The van der Waals surface area contributed by atoms with Crippen molar-refractivity contribution < 1.29 is 4.74 Å². The highest BCUT2D eigenvalue weighted by Gasteiger charge is 2.13. The summed E-state index contributed by atoms with van der Waals surface area (Å²) in [4.78, 5) is 0.